The molecule has 7 heteroatoms. The number of nitrogens with one attached hydrogen (secondary N) is 2. The van der Waals surface area contributed by atoms with Gasteiger partial charge in [0.05, 0.1) is 5.69 Å². The van der Waals surface area contributed by atoms with Crippen molar-refractivity contribution in [2.24, 2.45) is 0 Å². The van der Waals surface area contributed by atoms with Crippen LogP contribution in [-0.4, -0.2) is 56.0 Å². The van der Waals surface area contributed by atoms with Gasteiger partial charge in [-0.25, -0.2) is 4.39 Å². The third kappa shape index (κ3) is 5.77. The van der Waals surface area contributed by atoms with Crippen LogP contribution in [-0.2, 0) is 9.59 Å². The number of para-hydroxylation sites is 1. The number of amides is 2. The van der Waals surface area contributed by atoms with Crippen molar-refractivity contribution in [3.8, 4) is 0 Å². The van der Waals surface area contributed by atoms with Crippen LogP contribution >= 0.6 is 0 Å². The number of carbonyl (C=O) groups is 2. The van der Waals surface area contributed by atoms with Crippen LogP contribution in [0.5, 0.6) is 0 Å². The normalized spacial score (nSPS) is 14.5. The predicted octanol–water partition coefficient (Wildman–Crippen LogP) is 2.32. The molecule has 0 atom stereocenters. The van der Waals surface area contributed by atoms with E-state index in [0.717, 1.165) is 37.3 Å². The van der Waals surface area contributed by atoms with Gasteiger partial charge in [0.2, 0.25) is 0 Å². The van der Waals surface area contributed by atoms with E-state index in [1.54, 1.807) is 12.1 Å². The molecule has 3 rings (SSSR count). The molecule has 2 amide bonds. The van der Waals surface area contributed by atoms with Gasteiger partial charge in [-0.1, -0.05) is 18.2 Å². The van der Waals surface area contributed by atoms with Crippen molar-refractivity contribution >= 4 is 23.2 Å². The Hall–Kier alpha value is -2.93. The van der Waals surface area contributed by atoms with Crippen LogP contribution in [0.25, 0.3) is 0 Å². The summed E-state index contributed by atoms with van der Waals surface area (Å²) in [5.74, 6) is -1.52. The maximum Gasteiger partial charge on any atom is 0.313 e. The van der Waals surface area contributed by atoms with Gasteiger partial charge in [-0.2, -0.15) is 0 Å². The summed E-state index contributed by atoms with van der Waals surface area (Å²) in [6.07, 6.45) is 0. The van der Waals surface area contributed by atoms with Gasteiger partial charge in [-0.15, -0.1) is 0 Å². The molecule has 0 radical (unpaired) electrons. The highest BCUT2D eigenvalue weighted by atomic mass is 19.1. The van der Waals surface area contributed by atoms with E-state index in [2.05, 4.69) is 15.5 Å². The first-order chi connectivity index (χ1) is 13.9. The van der Waals surface area contributed by atoms with E-state index in [0.29, 0.717) is 24.5 Å². The van der Waals surface area contributed by atoms with Crippen molar-refractivity contribution in [2.75, 3.05) is 49.5 Å². The number of anilines is 2. The number of hydrogen-bond acceptors (Lipinski definition) is 4. The van der Waals surface area contributed by atoms with Gasteiger partial charge in [0.25, 0.3) is 0 Å². The summed E-state index contributed by atoms with van der Waals surface area (Å²) in [5, 5.41) is 5.30. The smallest absolute Gasteiger partial charge is 0.313 e. The number of benzene rings is 2. The first-order valence-corrected chi connectivity index (χ1v) is 9.81. The maximum atomic E-state index is 13.9. The lowest BCUT2D eigenvalue weighted by Gasteiger charge is -2.36. The fraction of sp³-hybridized carbons (Fsp3) is 0.364. The highest BCUT2D eigenvalue weighted by Gasteiger charge is 2.20. The Kier molecular flexibility index (Phi) is 6.82. The Morgan fingerprint density at radius 2 is 1.62 bits per heavy atom. The van der Waals surface area contributed by atoms with E-state index in [1.807, 2.05) is 43.0 Å². The van der Waals surface area contributed by atoms with E-state index in [1.165, 1.54) is 6.07 Å². The molecule has 1 aliphatic rings. The molecular formula is C22H27FN4O2. The average molecular weight is 398 g/mol. The monoisotopic (exact) mass is 398 g/mol. The highest BCUT2D eigenvalue weighted by Crippen LogP contribution is 2.20. The number of piperazine rings is 1. The molecule has 0 aromatic heterocycles. The number of nitrogens with zero attached hydrogens (tertiary/aromatic N) is 2. The first-order valence-electron chi connectivity index (χ1n) is 9.81. The molecule has 2 aromatic carbocycles. The summed E-state index contributed by atoms with van der Waals surface area (Å²) < 4.78 is 13.9. The summed E-state index contributed by atoms with van der Waals surface area (Å²) >= 11 is 0. The zero-order chi connectivity index (χ0) is 20.8. The molecule has 2 aromatic rings. The van der Waals surface area contributed by atoms with Crippen molar-refractivity contribution in [1.29, 1.82) is 0 Å². The highest BCUT2D eigenvalue weighted by molar-refractivity contribution is 6.39. The number of halogens is 1. The van der Waals surface area contributed by atoms with E-state index in [-0.39, 0.29) is 5.82 Å². The van der Waals surface area contributed by atoms with Crippen LogP contribution in [0.4, 0.5) is 15.8 Å². The second-order valence-electron chi connectivity index (χ2n) is 7.37. The maximum absolute atomic E-state index is 13.9. The van der Waals surface area contributed by atoms with Crippen molar-refractivity contribution < 1.29 is 14.0 Å². The molecule has 1 saturated heterocycles. The van der Waals surface area contributed by atoms with Gasteiger partial charge in [0.15, 0.2) is 0 Å². The SMILES string of the molecule is Cc1cc(C)cc(NC(=O)C(=O)NCCN2CCN(c3ccccc3F)CC2)c1. The number of aryl methyl sites for hydroxylation is 2. The Balaban J connectivity index is 1.39. The quantitative estimate of drug-likeness (QED) is 0.759. The van der Waals surface area contributed by atoms with Crippen molar-refractivity contribution in [2.45, 2.75) is 13.8 Å². The van der Waals surface area contributed by atoms with Gasteiger partial charge >= 0.3 is 11.8 Å². The molecular weight excluding hydrogens is 371 g/mol. The van der Waals surface area contributed by atoms with Crippen LogP contribution in [0.2, 0.25) is 0 Å². The molecule has 0 unspecified atom stereocenters. The minimum Gasteiger partial charge on any atom is -0.367 e. The Bertz CT molecular complexity index is 859. The Morgan fingerprint density at radius 3 is 2.28 bits per heavy atom. The van der Waals surface area contributed by atoms with Gasteiger partial charge in [0, 0.05) is 45.0 Å². The topological polar surface area (TPSA) is 64.7 Å². The minimum atomic E-state index is -0.667. The molecule has 0 saturated carbocycles. The number of rotatable bonds is 5. The Morgan fingerprint density at radius 1 is 0.966 bits per heavy atom. The van der Waals surface area contributed by atoms with Gasteiger partial charge in [-0.3, -0.25) is 14.5 Å². The Labute approximate surface area is 170 Å². The number of carbonyl (C=O) groups excluding carboxylic acids is 2. The van der Waals surface area contributed by atoms with Crippen LogP contribution in [0, 0.1) is 19.7 Å². The van der Waals surface area contributed by atoms with Crippen molar-refractivity contribution in [3.63, 3.8) is 0 Å². The number of hydrogen-bond donors (Lipinski definition) is 2. The molecule has 1 heterocycles. The third-order valence-electron chi connectivity index (χ3n) is 4.96. The van der Waals surface area contributed by atoms with E-state index in [9.17, 15) is 14.0 Å². The molecule has 0 aliphatic carbocycles. The third-order valence-corrected chi connectivity index (χ3v) is 4.96. The molecule has 2 N–H and O–H groups in total. The summed E-state index contributed by atoms with van der Waals surface area (Å²) in [6, 6.07) is 12.4. The molecule has 0 spiro atoms. The zero-order valence-corrected chi connectivity index (χ0v) is 16.9. The van der Waals surface area contributed by atoms with Crippen molar-refractivity contribution in [3.05, 3.63) is 59.4 Å². The molecule has 154 valence electrons. The first kappa shape index (κ1) is 20.8. The van der Waals surface area contributed by atoms with E-state index in [4.69, 9.17) is 0 Å². The van der Waals surface area contributed by atoms with Gasteiger partial charge in [-0.05, 0) is 49.2 Å². The van der Waals surface area contributed by atoms with Gasteiger partial charge < -0.3 is 15.5 Å². The lowest BCUT2D eigenvalue weighted by atomic mass is 10.1. The molecule has 29 heavy (non-hydrogen) atoms. The summed E-state index contributed by atoms with van der Waals surface area (Å²) in [7, 11) is 0. The fourth-order valence-corrected chi connectivity index (χ4v) is 3.56. The molecule has 6 nitrogen and oxygen atoms in total. The average Bonchev–Trinajstić information content (AvgIpc) is 2.68. The molecule has 0 bridgehead atoms. The summed E-state index contributed by atoms with van der Waals surface area (Å²) in [6.45, 7) is 7.91. The van der Waals surface area contributed by atoms with Crippen molar-refractivity contribution in [1.82, 2.24) is 10.2 Å². The lowest BCUT2D eigenvalue weighted by Crippen LogP contribution is -2.49. The summed E-state index contributed by atoms with van der Waals surface area (Å²) in [4.78, 5) is 28.3. The lowest BCUT2D eigenvalue weighted by molar-refractivity contribution is -0.136. The second-order valence-corrected chi connectivity index (χ2v) is 7.37. The fourth-order valence-electron chi connectivity index (χ4n) is 3.56. The second kappa shape index (κ2) is 9.52. The largest absolute Gasteiger partial charge is 0.367 e. The minimum absolute atomic E-state index is 0.206. The van der Waals surface area contributed by atoms with Crippen LogP contribution in [0.1, 0.15) is 11.1 Å². The predicted molar refractivity (Wildman–Crippen MR) is 113 cm³/mol. The van der Waals surface area contributed by atoms with Crippen LogP contribution in [0.15, 0.2) is 42.5 Å². The van der Waals surface area contributed by atoms with Gasteiger partial charge in [0.1, 0.15) is 5.82 Å². The summed E-state index contributed by atoms with van der Waals surface area (Å²) in [5.41, 5.74) is 3.29. The zero-order valence-electron chi connectivity index (χ0n) is 16.9. The molecule has 1 aliphatic heterocycles. The standard InChI is InChI=1S/C22H27FN4O2/c1-16-13-17(2)15-18(14-16)25-22(29)21(28)24-7-8-26-9-11-27(12-10-26)20-6-4-3-5-19(20)23/h3-6,13-15H,7-12H2,1-2H3,(H,24,28)(H,25,29). The van der Waals surface area contributed by atoms with E-state index < -0.39 is 11.8 Å². The van der Waals surface area contributed by atoms with Crippen LogP contribution < -0.4 is 15.5 Å². The van der Waals surface area contributed by atoms with E-state index >= 15 is 0 Å². The molecule has 1 fully saturated rings. The van der Waals surface area contributed by atoms with Crippen LogP contribution in [0.3, 0.4) is 0 Å².